The lowest BCUT2D eigenvalue weighted by Crippen LogP contribution is -2.34. The zero-order valence-electron chi connectivity index (χ0n) is 19.8. The Labute approximate surface area is 202 Å². The van der Waals surface area contributed by atoms with Crippen LogP contribution in [0.15, 0.2) is 27.8 Å². The minimum Gasteiger partial charge on any atom is -0.493 e. The van der Waals surface area contributed by atoms with Crippen molar-refractivity contribution in [3.8, 4) is 5.75 Å². The van der Waals surface area contributed by atoms with Gasteiger partial charge < -0.3 is 10.1 Å². The molecule has 0 aliphatic heterocycles. The highest BCUT2D eigenvalue weighted by molar-refractivity contribution is 9.10. The van der Waals surface area contributed by atoms with Gasteiger partial charge in [-0.15, -0.1) is 0 Å². The van der Waals surface area contributed by atoms with Crippen molar-refractivity contribution in [2.24, 2.45) is 5.10 Å². The van der Waals surface area contributed by atoms with Gasteiger partial charge in [0.2, 0.25) is 5.91 Å². The van der Waals surface area contributed by atoms with E-state index in [4.69, 9.17) is 4.74 Å². The molecule has 1 aromatic rings. The molecule has 0 aliphatic rings. The average Bonchev–Trinajstić information content (AvgIpc) is 2.78. The van der Waals surface area contributed by atoms with Gasteiger partial charge in [-0.05, 0) is 31.5 Å². The number of nitrogens with zero attached hydrogens (tertiary/aromatic N) is 1. The largest absolute Gasteiger partial charge is 0.493 e. The summed E-state index contributed by atoms with van der Waals surface area (Å²) in [6.07, 6.45) is 15.7. The van der Waals surface area contributed by atoms with Gasteiger partial charge in [0.05, 0.1) is 19.4 Å². The molecule has 0 atom stereocenters. The predicted molar refractivity (Wildman–Crippen MR) is 135 cm³/mol. The number of amides is 2. The van der Waals surface area contributed by atoms with E-state index in [2.05, 4.69) is 38.7 Å². The van der Waals surface area contributed by atoms with Crippen molar-refractivity contribution in [2.45, 2.75) is 90.9 Å². The van der Waals surface area contributed by atoms with E-state index in [-0.39, 0.29) is 18.4 Å². The van der Waals surface area contributed by atoms with Gasteiger partial charge in [0.1, 0.15) is 5.75 Å². The van der Waals surface area contributed by atoms with Crippen LogP contribution in [0.5, 0.6) is 5.75 Å². The standard InChI is InChI=1S/C25H40BrN3O3/c1-3-5-6-7-8-9-10-11-12-13-14-15-24(30)27-20-25(31)29-28-19-21-18-22(26)16-17-23(21)32-4-2/h16-19H,3-15,20H2,1-2H3,(H,27,30)(H,29,31)/b28-19+. The van der Waals surface area contributed by atoms with Crippen LogP contribution in [0.2, 0.25) is 0 Å². The fourth-order valence-corrected chi connectivity index (χ4v) is 3.72. The highest BCUT2D eigenvalue weighted by Crippen LogP contribution is 2.21. The minimum atomic E-state index is -0.360. The molecule has 0 saturated carbocycles. The summed E-state index contributed by atoms with van der Waals surface area (Å²) in [4.78, 5) is 23.8. The lowest BCUT2D eigenvalue weighted by atomic mass is 10.1. The van der Waals surface area contributed by atoms with Crippen molar-refractivity contribution in [3.63, 3.8) is 0 Å². The van der Waals surface area contributed by atoms with Crippen molar-refractivity contribution >= 4 is 34.0 Å². The van der Waals surface area contributed by atoms with Crippen LogP contribution in [0.1, 0.15) is 96.5 Å². The average molecular weight is 511 g/mol. The molecule has 1 rings (SSSR count). The number of benzene rings is 1. The molecule has 0 radical (unpaired) electrons. The summed E-state index contributed by atoms with van der Waals surface area (Å²) >= 11 is 3.41. The fourth-order valence-electron chi connectivity index (χ4n) is 3.34. The predicted octanol–water partition coefficient (Wildman–Crippen LogP) is 6.12. The summed E-state index contributed by atoms with van der Waals surface area (Å²) < 4.78 is 6.43. The topological polar surface area (TPSA) is 79.8 Å². The van der Waals surface area contributed by atoms with E-state index in [0.717, 1.165) is 22.9 Å². The van der Waals surface area contributed by atoms with Crippen LogP contribution in [0.3, 0.4) is 0 Å². The Bertz CT molecular complexity index is 695. The van der Waals surface area contributed by atoms with Crippen LogP contribution < -0.4 is 15.5 Å². The molecule has 0 unspecified atom stereocenters. The van der Waals surface area contributed by atoms with E-state index in [1.165, 1.54) is 64.0 Å². The van der Waals surface area contributed by atoms with E-state index in [1.807, 2.05) is 25.1 Å². The summed E-state index contributed by atoms with van der Waals surface area (Å²) in [7, 11) is 0. The monoisotopic (exact) mass is 509 g/mol. The second kappa shape index (κ2) is 18.7. The second-order valence-electron chi connectivity index (χ2n) is 7.97. The summed E-state index contributed by atoms with van der Waals surface area (Å²) in [6, 6.07) is 5.58. The lowest BCUT2D eigenvalue weighted by molar-refractivity contribution is -0.126. The van der Waals surface area contributed by atoms with Crippen molar-refractivity contribution in [2.75, 3.05) is 13.2 Å². The molecule has 2 amide bonds. The molecular formula is C25H40BrN3O3. The fraction of sp³-hybridized carbons (Fsp3) is 0.640. The van der Waals surface area contributed by atoms with E-state index in [0.29, 0.717) is 18.8 Å². The van der Waals surface area contributed by atoms with Crippen LogP contribution >= 0.6 is 15.9 Å². The number of ether oxygens (including phenoxy) is 1. The molecular weight excluding hydrogens is 470 g/mol. The van der Waals surface area contributed by atoms with Gasteiger partial charge in [0, 0.05) is 16.5 Å². The van der Waals surface area contributed by atoms with Crippen LogP contribution in [0.4, 0.5) is 0 Å². The van der Waals surface area contributed by atoms with E-state index >= 15 is 0 Å². The molecule has 0 heterocycles. The number of unbranched alkanes of at least 4 members (excludes halogenated alkanes) is 10. The van der Waals surface area contributed by atoms with Gasteiger partial charge in [-0.3, -0.25) is 9.59 Å². The minimum absolute atomic E-state index is 0.0784. The third-order valence-corrected chi connectivity index (χ3v) is 5.61. The Morgan fingerprint density at radius 3 is 2.19 bits per heavy atom. The van der Waals surface area contributed by atoms with E-state index < -0.39 is 0 Å². The first-order valence-electron chi connectivity index (χ1n) is 12.1. The molecule has 180 valence electrons. The molecule has 2 N–H and O–H groups in total. The summed E-state index contributed by atoms with van der Waals surface area (Å²) in [6.45, 7) is 4.61. The molecule has 0 spiro atoms. The van der Waals surface area contributed by atoms with Gasteiger partial charge in [-0.25, -0.2) is 5.43 Å². The SMILES string of the molecule is CCCCCCCCCCCCCC(=O)NCC(=O)N/N=C/c1cc(Br)ccc1OCC. The summed E-state index contributed by atoms with van der Waals surface area (Å²) in [5.41, 5.74) is 3.18. The van der Waals surface area contributed by atoms with Crippen molar-refractivity contribution in [3.05, 3.63) is 28.2 Å². The number of rotatable bonds is 18. The van der Waals surface area contributed by atoms with Crippen molar-refractivity contribution in [1.29, 1.82) is 0 Å². The Morgan fingerprint density at radius 1 is 0.938 bits per heavy atom. The number of hydrazone groups is 1. The zero-order chi connectivity index (χ0) is 23.4. The Morgan fingerprint density at radius 2 is 1.56 bits per heavy atom. The lowest BCUT2D eigenvalue weighted by Gasteiger charge is -2.07. The van der Waals surface area contributed by atoms with Gasteiger partial charge in [0.25, 0.3) is 5.91 Å². The number of hydrogen-bond acceptors (Lipinski definition) is 4. The van der Waals surface area contributed by atoms with Crippen LogP contribution in [-0.2, 0) is 9.59 Å². The molecule has 32 heavy (non-hydrogen) atoms. The maximum absolute atomic E-state index is 11.9. The Hall–Kier alpha value is -1.89. The van der Waals surface area contributed by atoms with Gasteiger partial charge in [-0.1, -0.05) is 87.1 Å². The maximum atomic E-state index is 11.9. The maximum Gasteiger partial charge on any atom is 0.259 e. The third-order valence-electron chi connectivity index (χ3n) is 5.12. The molecule has 1 aromatic carbocycles. The summed E-state index contributed by atoms with van der Waals surface area (Å²) in [5, 5.41) is 6.61. The van der Waals surface area contributed by atoms with Crippen LogP contribution in [0, 0.1) is 0 Å². The zero-order valence-corrected chi connectivity index (χ0v) is 21.3. The molecule has 0 bridgehead atoms. The highest BCUT2D eigenvalue weighted by Gasteiger charge is 2.06. The van der Waals surface area contributed by atoms with E-state index in [1.54, 1.807) is 0 Å². The Kier molecular flexibility index (Phi) is 16.4. The quantitative estimate of drug-likeness (QED) is 0.142. The number of nitrogens with one attached hydrogen (secondary N) is 2. The van der Waals surface area contributed by atoms with Crippen LogP contribution in [0.25, 0.3) is 0 Å². The Balaban J connectivity index is 2.09. The van der Waals surface area contributed by atoms with Crippen molar-refractivity contribution < 1.29 is 14.3 Å². The molecule has 0 aromatic heterocycles. The van der Waals surface area contributed by atoms with Gasteiger partial charge in [0.15, 0.2) is 0 Å². The molecule has 6 nitrogen and oxygen atoms in total. The second-order valence-corrected chi connectivity index (χ2v) is 8.89. The van der Waals surface area contributed by atoms with E-state index in [9.17, 15) is 9.59 Å². The number of hydrogen-bond donors (Lipinski definition) is 2. The smallest absolute Gasteiger partial charge is 0.259 e. The molecule has 7 heteroatoms. The number of carbonyl (C=O) groups excluding carboxylic acids is 2. The molecule has 0 aliphatic carbocycles. The van der Waals surface area contributed by atoms with Crippen LogP contribution in [-0.4, -0.2) is 31.2 Å². The molecule has 0 fully saturated rings. The van der Waals surface area contributed by atoms with Crippen molar-refractivity contribution in [1.82, 2.24) is 10.7 Å². The van der Waals surface area contributed by atoms with Gasteiger partial charge >= 0.3 is 0 Å². The highest BCUT2D eigenvalue weighted by atomic mass is 79.9. The molecule has 0 saturated heterocycles. The first-order chi connectivity index (χ1) is 15.6. The number of carbonyl (C=O) groups is 2. The number of halogens is 1. The third kappa shape index (κ3) is 14.2. The first-order valence-corrected chi connectivity index (χ1v) is 12.9. The first kappa shape index (κ1) is 28.1. The normalized spacial score (nSPS) is 11.0. The summed E-state index contributed by atoms with van der Waals surface area (Å²) in [5.74, 6) is 0.237. The van der Waals surface area contributed by atoms with Gasteiger partial charge in [-0.2, -0.15) is 5.10 Å².